The molecule has 0 saturated heterocycles. The molecule has 0 spiro atoms. The Bertz CT molecular complexity index is 78.5. The Hall–Kier alpha value is 0.207. The number of hydrogen-bond donors (Lipinski definition) is 0. The Morgan fingerprint density at radius 3 is 0.625 bits per heavy atom. The van der Waals surface area contributed by atoms with Crippen LogP contribution in [0, 0.1) is 0 Å². The predicted molar refractivity (Wildman–Crippen MR) is 26.4 cm³/mol. The second kappa shape index (κ2) is 7.21. The molecule has 0 aromatic heterocycles. The van der Waals surface area contributed by atoms with Gasteiger partial charge in [-0.05, 0) is 0 Å². The minimum Gasteiger partial charge on any atom is -0.0623 e. The molecular weight excluding hydrogens is 189 g/mol. The van der Waals surface area contributed by atoms with Gasteiger partial charge >= 0.3 is 0 Å². The van der Waals surface area contributed by atoms with Crippen LogP contribution in [0.25, 0.3) is 0 Å². The molecule has 0 radical (unpaired) electrons. The van der Waals surface area contributed by atoms with E-state index < -0.39 is 0 Å². The molecule has 1 aromatic rings. The maximum atomic E-state index is 2.00. The molecule has 0 N–H and O–H groups in total. The zero-order valence-electron chi connectivity index (χ0n) is 4.10. The van der Waals surface area contributed by atoms with Gasteiger partial charge in [-0.2, -0.15) is 0 Å². The first-order valence-corrected chi connectivity index (χ1v) is 2.00. The van der Waals surface area contributed by atoms with E-state index in [0.717, 1.165) is 0 Å². The molecule has 0 aliphatic rings. The number of hydrogen-bond acceptors (Lipinski definition) is 0. The molecule has 1 aromatic carbocycles. The number of rotatable bonds is 0. The topological polar surface area (TPSA) is 0 Å². The largest absolute Gasteiger partial charge is 0.0623 e. The Morgan fingerprint density at radius 2 is 0.500 bits per heavy atom. The van der Waals surface area contributed by atoms with Gasteiger partial charge in [0.05, 0.1) is 0 Å². The smallest absolute Gasteiger partial charge is 0 e. The van der Waals surface area contributed by atoms with Crippen molar-refractivity contribution in [2.75, 3.05) is 0 Å². The molecule has 2 heteroatoms. The SMILES string of the molecule is [Ni].[Ni].c1ccccc1. The van der Waals surface area contributed by atoms with E-state index in [9.17, 15) is 0 Å². The molecule has 0 nitrogen and oxygen atoms in total. The summed E-state index contributed by atoms with van der Waals surface area (Å²) in [4.78, 5) is 0. The Labute approximate surface area is 69.5 Å². The van der Waals surface area contributed by atoms with Gasteiger partial charge in [0.1, 0.15) is 0 Å². The van der Waals surface area contributed by atoms with Crippen molar-refractivity contribution in [2.24, 2.45) is 0 Å². The van der Waals surface area contributed by atoms with E-state index in [0.29, 0.717) is 0 Å². The van der Waals surface area contributed by atoms with Gasteiger partial charge in [0.25, 0.3) is 0 Å². The minimum absolute atomic E-state index is 0. The van der Waals surface area contributed by atoms with Crippen molar-refractivity contribution >= 4 is 0 Å². The van der Waals surface area contributed by atoms with E-state index in [-0.39, 0.29) is 33.0 Å². The van der Waals surface area contributed by atoms with Gasteiger partial charge in [-0.15, -0.1) is 0 Å². The Morgan fingerprint density at radius 1 is 0.375 bits per heavy atom. The average Bonchev–Trinajstić information content (AvgIpc) is 1.72. The normalized spacial score (nSPS) is 6.00. The molecule has 50 valence electrons. The van der Waals surface area contributed by atoms with Gasteiger partial charge in [-0.3, -0.25) is 0 Å². The standard InChI is InChI=1S/C6H6.2Ni/c1-2-4-6-5-3-1;;/h1-6H;;. The van der Waals surface area contributed by atoms with Gasteiger partial charge in [0, 0.05) is 33.0 Å². The van der Waals surface area contributed by atoms with Gasteiger partial charge in [0.15, 0.2) is 0 Å². The summed E-state index contributed by atoms with van der Waals surface area (Å²) >= 11 is 0. The molecule has 0 aliphatic carbocycles. The fourth-order valence-corrected chi connectivity index (χ4v) is 0.385. The number of benzene rings is 1. The van der Waals surface area contributed by atoms with Crippen LogP contribution in [0.2, 0.25) is 0 Å². The van der Waals surface area contributed by atoms with Crippen molar-refractivity contribution in [2.45, 2.75) is 0 Å². The maximum Gasteiger partial charge on any atom is 0 e. The van der Waals surface area contributed by atoms with Crippen molar-refractivity contribution in [3.63, 3.8) is 0 Å². The third-order valence-corrected chi connectivity index (χ3v) is 0.667. The van der Waals surface area contributed by atoms with Crippen molar-refractivity contribution in [3.8, 4) is 0 Å². The quantitative estimate of drug-likeness (QED) is 0.553. The first kappa shape index (κ1) is 11.1. The molecule has 0 bridgehead atoms. The maximum absolute atomic E-state index is 2.00. The molecule has 0 amide bonds. The van der Waals surface area contributed by atoms with Crippen LogP contribution < -0.4 is 0 Å². The van der Waals surface area contributed by atoms with Crippen LogP contribution in [-0.4, -0.2) is 0 Å². The zero-order chi connectivity index (χ0) is 4.24. The fraction of sp³-hybridized carbons (Fsp3) is 0. The fourth-order valence-electron chi connectivity index (χ4n) is 0.385. The van der Waals surface area contributed by atoms with E-state index in [4.69, 9.17) is 0 Å². The van der Waals surface area contributed by atoms with Gasteiger partial charge in [-0.25, -0.2) is 0 Å². The first-order chi connectivity index (χ1) is 3.00. The van der Waals surface area contributed by atoms with E-state index in [2.05, 4.69) is 0 Å². The Kier molecular flexibility index (Phi) is 9.97. The summed E-state index contributed by atoms with van der Waals surface area (Å²) in [6, 6.07) is 12.0. The van der Waals surface area contributed by atoms with Crippen molar-refractivity contribution < 1.29 is 33.0 Å². The van der Waals surface area contributed by atoms with Crippen LogP contribution >= 0.6 is 0 Å². The van der Waals surface area contributed by atoms with Crippen molar-refractivity contribution in [1.82, 2.24) is 0 Å². The third kappa shape index (κ3) is 4.37. The van der Waals surface area contributed by atoms with Gasteiger partial charge in [0.2, 0.25) is 0 Å². The van der Waals surface area contributed by atoms with E-state index in [1.165, 1.54) is 0 Å². The molecule has 1 rings (SSSR count). The minimum atomic E-state index is 0. The first-order valence-electron chi connectivity index (χ1n) is 2.00. The summed E-state index contributed by atoms with van der Waals surface area (Å²) < 4.78 is 0. The van der Waals surface area contributed by atoms with Crippen LogP contribution in [0.3, 0.4) is 0 Å². The van der Waals surface area contributed by atoms with Crippen LogP contribution in [-0.2, 0) is 33.0 Å². The molecule has 0 heterocycles. The Balaban J connectivity index is 0. The summed E-state index contributed by atoms with van der Waals surface area (Å²) in [6.45, 7) is 0. The molecule has 0 fully saturated rings. The summed E-state index contributed by atoms with van der Waals surface area (Å²) in [5, 5.41) is 0. The van der Waals surface area contributed by atoms with Crippen LogP contribution in [0.4, 0.5) is 0 Å². The second-order valence-corrected chi connectivity index (χ2v) is 1.15. The monoisotopic (exact) mass is 194 g/mol. The van der Waals surface area contributed by atoms with Crippen LogP contribution in [0.15, 0.2) is 36.4 Å². The summed E-state index contributed by atoms with van der Waals surface area (Å²) in [5.74, 6) is 0. The van der Waals surface area contributed by atoms with Gasteiger partial charge < -0.3 is 0 Å². The zero-order valence-corrected chi connectivity index (χ0v) is 6.07. The summed E-state index contributed by atoms with van der Waals surface area (Å²) in [6.07, 6.45) is 0. The molecule has 8 heavy (non-hydrogen) atoms. The molecule has 0 atom stereocenters. The van der Waals surface area contributed by atoms with Crippen molar-refractivity contribution in [3.05, 3.63) is 36.4 Å². The van der Waals surface area contributed by atoms with Crippen LogP contribution in [0.1, 0.15) is 0 Å². The van der Waals surface area contributed by atoms with E-state index in [1.807, 2.05) is 36.4 Å². The molecule has 0 saturated carbocycles. The summed E-state index contributed by atoms with van der Waals surface area (Å²) in [7, 11) is 0. The predicted octanol–water partition coefficient (Wildman–Crippen LogP) is 1.68. The van der Waals surface area contributed by atoms with Crippen LogP contribution in [0.5, 0.6) is 0 Å². The molecule has 0 unspecified atom stereocenters. The molecule has 0 aliphatic heterocycles. The second-order valence-electron chi connectivity index (χ2n) is 1.15. The molecular formula is C6H6Ni2. The van der Waals surface area contributed by atoms with Gasteiger partial charge in [-0.1, -0.05) is 36.4 Å². The van der Waals surface area contributed by atoms with E-state index in [1.54, 1.807) is 0 Å². The average molecular weight is 196 g/mol. The van der Waals surface area contributed by atoms with E-state index >= 15 is 0 Å². The third-order valence-electron chi connectivity index (χ3n) is 0.667. The summed E-state index contributed by atoms with van der Waals surface area (Å²) in [5.41, 5.74) is 0. The van der Waals surface area contributed by atoms with Crippen molar-refractivity contribution in [1.29, 1.82) is 0 Å².